The normalized spacial score (nSPS) is 14.2. The van der Waals surface area contributed by atoms with Crippen LogP contribution in [-0.2, 0) is 0 Å². The topological polar surface area (TPSA) is 59.3 Å². The fourth-order valence-corrected chi connectivity index (χ4v) is 2.53. The second-order valence-electron chi connectivity index (χ2n) is 5.54. The molecule has 0 radical (unpaired) electrons. The van der Waals surface area contributed by atoms with Crippen molar-refractivity contribution < 1.29 is 9.18 Å². The van der Waals surface area contributed by atoms with E-state index in [-0.39, 0.29) is 16.4 Å². The zero-order valence-corrected chi connectivity index (χ0v) is 12.7. The molecule has 3 aromatic rings. The Morgan fingerprint density at radius 1 is 1.30 bits per heavy atom. The van der Waals surface area contributed by atoms with Crippen LogP contribution in [0.4, 0.5) is 10.1 Å². The lowest BCUT2D eigenvalue weighted by Crippen LogP contribution is -2.15. The quantitative estimate of drug-likeness (QED) is 0.797. The Bertz CT molecular complexity index is 920. The van der Waals surface area contributed by atoms with Gasteiger partial charge in [-0.05, 0) is 43.2 Å². The van der Waals surface area contributed by atoms with E-state index in [4.69, 9.17) is 11.6 Å². The summed E-state index contributed by atoms with van der Waals surface area (Å²) in [7, 11) is 0. The molecule has 23 heavy (non-hydrogen) atoms. The van der Waals surface area contributed by atoms with Crippen molar-refractivity contribution in [2.45, 2.75) is 18.8 Å². The Kier molecular flexibility index (Phi) is 3.27. The van der Waals surface area contributed by atoms with Crippen LogP contribution in [0.5, 0.6) is 0 Å². The standard InChI is InChI=1S/C16H12ClFN4O/c17-10-3-4-12(11(18)7-10)20-16(23)13-5-6-15-19-14(9-1-2-9)8-22(15)21-13/h3-9H,1-2H2,(H,20,23). The van der Waals surface area contributed by atoms with E-state index in [0.717, 1.165) is 24.6 Å². The molecule has 0 unspecified atom stereocenters. The van der Waals surface area contributed by atoms with E-state index in [0.29, 0.717) is 11.6 Å². The summed E-state index contributed by atoms with van der Waals surface area (Å²) < 4.78 is 15.3. The van der Waals surface area contributed by atoms with Gasteiger partial charge in [-0.2, -0.15) is 5.10 Å². The first kappa shape index (κ1) is 14.1. The SMILES string of the molecule is O=C(Nc1ccc(Cl)cc1F)c1ccc2nc(C3CC3)cn2n1. The Morgan fingerprint density at radius 3 is 2.87 bits per heavy atom. The Balaban J connectivity index is 1.61. The van der Waals surface area contributed by atoms with E-state index in [9.17, 15) is 9.18 Å². The Morgan fingerprint density at radius 2 is 2.13 bits per heavy atom. The van der Waals surface area contributed by atoms with Crippen molar-refractivity contribution in [3.63, 3.8) is 0 Å². The molecule has 1 fully saturated rings. The summed E-state index contributed by atoms with van der Waals surface area (Å²) in [5.74, 6) is -0.572. The zero-order chi connectivity index (χ0) is 16.0. The summed E-state index contributed by atoms with van der Waals surface area (Å²) in [6.45, 7) is 0. The highest BCUT2D eigenvalue weighted by atomic mass is 35.5. The molecule has 116 valence electrons. The maximum Gasteiger partial charge on any atom is 0.276 e. The van der Waals surface area contributed by atoms with E-state index in [1.165, 1.54) is 12.1 Å². The van der Waals surface area contributed by atoms with Gasteiger partial charge < -0.3 is 5.32 Å². The van der Waals surface area contributed by atoms with Gasteiger partial charge in [0.1, 0.15) is 11.5 Å². The molecule has 1 amide bonds. The first-order valence-electron chi connectivity index (χ1n) is 7.23. The molecule has 0 atom stereocenters. The summed E-state index contributed by atoms with van der Waals surface area (Å²) >= 11 is 5.69. The molecule has 2 heterocycles. The van der Waals surface area contributed by atoms with E-state index in [1.807, 2.05) is 6.20 Å². The Hall–Kier alpha value is -2.47. The van der Waals surface area contributed by atoms with E-state index in [1.54, 1.807) is 16.6 Å². The second kappa shape index (κ2) is 5.31. The minimum atomic E-state index is -0.592. The van der Waals surface area contributed by atoms with Crippen molar-refractivity contribution in [2.75, 3.05) is 5.32 Å². The third kappa shape index (κ3) is 2.77. The van der Waals surface area contributed by atoms with Gasteiger partial charge in [-0.3, -0.25) is 4.79 Å². The van der Waals surface area contributed by atoms with Gasteiger partial charge in [0, 0.05) is 10.9 Å². The molecule has 1 saturated carbocycles. The van der Waals surface area contributed by atoms with Gasteiger partial charge in [-0.25, -0.2) is 13.9 Å². The van der Waals surface area contributed by atoms with Crippen molar-refractivity contribution in [3.05, 3.63) is 58.8 Å². The number of carbonyl (C=O) groups excluding carboxylic acids is 1. The lowest BCUT2D eigenvalue weighted by Gasteiger charge is -2.06. The van der Waals surface area contributed by atoms with E-state index in [2.05, 4.69) is 15.4 Å². The Labute approximate surface area is 136 Å². The predicted octanol–water partition coefficient (Wildman–Crippen LogP) is 3.65. The van der Waals surface area contributed by atoms with Gasteiger partial charge in [0.25, 0.3) is 5.91 Å². The molecule has 7 heteroatoms. The molecular formula is C16H12ClFN4O. The fraction of sp³-hybridized carbons (Fsp3) is 0.188. The van der Waals surface area contributed by atoms with Gasteiger partial charge >= 0.3 is 0 Å². The minimum Gasteiger partial charge on any atom is -0.318 e. The van der Waals surface area contributed by atoms with Crippen LogP contribution in [0.25, 0.3) is 5.65 Å². The van der Waals surface area contributed by atoms with Gasteiger partial charge in [-0.15, -0.1) is 0 Å². The van der Waals surface area contributed by atoms with Crippen LogP contribution in [0.1, 0.15) is 34.9 Å². The third-order valence-corrected chi connectivity index (χ3v) is 3.98. The summed E-state index contributed by atoms with van der Waals surface area (Å²) in [6.07, 6.45) is 4.13. The average molecular weight is 331 g/mol. The third-order valence-electron chi connectivity index (χ3n) is 3.75. The van der Waals surface area contributed by atoms with Gasteiger partial charge in [-0.1, -0.05) is 11.6 Å². The van der Waals surface area contributed by atoms with Crippen molar-refractivity contribution in [1.29, 1.82) is 0 Å². The lowest BCUT2D eigenvalue weighted by molar-refractivity contribution is 0.102. The molecule has 0 spiro atoms. The van der Waals surface area contributed by atoms with Crippen molar-refractivity contribution >= 4 is 28.8 Å². The van der Waals surface area contributed by atoms with Crippen molar-refractivity contribution in [1.82, 2.24) is 14.6 Å². The molecule has 1 aliphatic rings. The number of aromatic nitrogens is 3. The number of nitrogens with zero attached hydrogens (tertiary/aromatic N) is 3. The monoisotopic (exact) mass is 330 g/mol. The average Bonchev–Trinajstić information content (AvgIpc) is 3.29. The van der Waals surface area contributed by atoms with Crippen LogP contribution >= 0.6 is 11.6 Å². The highest BCUT2D eigenvalue weighted by Crippen LogP contribution is 2.39. The van der Waals surface area contributed by atoms with E-state index < -0.39 is 11.7 Å². The number of fused-ring (bicyclic) bond motifs is 1. The van der Waals surface area contributed by atoms with Crippen LogP contribution in [0, 0.1) is 5.82 Å². The van der Waals surface area contributed by atoms with Crippen molar-refractivity contribution in [2.24, 2.45) is 0 Å². The summed E-state index contributed by atoms with van der Waals surface area (Å²) in [4.78, 5) is 16.7. The number of imidazole rings is 1. The smallest absolute Gasteiger partial charge is 0.276 e. The number of hydrogen-bond acceptors (Lipinski definition) is 3. The van der Waals surface area contributed by atoms with Crippen LogP contribution < -0.4 is 5.32 Å². The maximum absolute atomic E-state index is 13.7. The first-order chi connectivity index (χ1) is 11.1. The molecule has 2 aromatic heterocycles. The summed E-state index contributed by atoms with van der Waals surface area (Å²) in [5.41, 5.74) is 1.94. The number of amides is 1. The number of halogens is 2. The summed E-state index contributed by atoms with van der Waals surface area (Å²) in [6, 6.07) is 7.37. The highest BCUT2D eigenvalue weighted by Gasteiger charge is 2.26. The predicted molar refractivity (Wildman–Crippen MR) is 84.3 cm³/mol. The lowest BCUT2D eigenvalue weighted by atomic mass is 10.3. The second-order valence-corrected chi connectivity index (χ2v) is 5.98. The maximum atomic E-state index is 13.7. The van der Waals surface area contributed by atoms with Gasteiger partial charge in [0.05, 0.1) is 17.6 Å². The summed E-state index contributed by atoms with van der Waals surface area (Å²) in [5, 5.41) is 7.00. The molecular weight excluding hydrogens is 319 g/mol. The number of hydrogen-bond donors (Lipinski definition) is 1. The molecule has 0 saturated heterocycles. The van der Waals surface area contributed by atoms with Crippen LogP contribution in [-0.4, -0.2) is 20.5 Å². The zero-order valence-electron chi connectivity index (χ0n) is 12.0. The minimum absolute atomic E-state index is 0.0607. The van der Waals surface area contributed by atoms with Crippen LogP contribution in [0.2, 0.25) is 5.02 Å². The molecule has 1 aliphatic carbocycles. The largest absolute Gasteiger partial charge is 0.318 e. The van der Waals surface area contributed by atoms with Crippen LogP contribution in [0.15, 0.2) is 36.5 Å². The molecule has 4 rings (SSSR count). The fourth-order valence-electron chi connectivity index (χ4n) is 2.37. The molecule has 0 bridgehead atoms. The molecule has 5 nitrogen and oxygen atoms in total. The van der Waals surface area contributed by atoms with E-state index >= 15 is 0 Å². The van der Waals surface area contributed by atoms with Crippen molar-refractivity contribution in [3.8, 4) is 0 Å². The molecule has 1 N–H and O–H groups in total. The number of nitrogens with one attached hydrogen (secondary N) is 1. The first-order valence-corrected chi connectivity index (χ1v) is 7.61. The van der Waals surface area contributed by atoms with Gasteiger partial charge in [0.2, 0.25) is 0 Å². The number of rotatable bonds is 3. The van der Waals surface area contributed by atoms with Crippen LogP contribution in [0.3, 0.4) is 0 Å². The molecule has 1 aromatic carbocycles. The number of benzene rings is 1. The molecule has 0 aliphatic heterocycles. The highest BCUT2D eigenvalue weighted by molar-refractivity contribution is 6.30. The van der Waals surface area contributed by atoms with Gasteiger partial charge in [0.15, 0.2) is 5.65 Å². The number of carbonyl (C=O) groups is 1. The number of anilines is 1.